The molecule has 0 atom stereocenters. The van der Waals surface area contributed by atoms with Crippen LogP contribution in [0.25, 0.3) is 0 Å². The molecule has 0 aromatic carbocycles. The molecule has 5 nitrogen and oxygen atoms in total. The third-order valence-electron chi connectivity index (χ3n) is 2.04. The second kappa shape index (κ2) is 4.06. The van der Waals surface area contributed by atoms with Crippen molar-refractivity contribution in [2.45, 2.75) is 23.8 Å². The predicted molar refractivity (Wildman–Crippen MR) is 56.3 cm³/mol. The maximum Gasteiger partial charge on any atom is 0.380 e. The van der Waals surface area contributed by atoms with E-state index in [-0.39, 0.29) is 11.9 Å². The first-order valence-corrected chi connectivity index (χ1v) is 5.79. The summed E-state index contributed by atoms with van der Waals surface area (Å²) in [5.41, 5.74) is 0. The highest BCUT2D eigenvalue weighted by Crippen LogP contribution is 2.37. The molecule has 0 N–H and O–H groups in total. The highest BCUT2D eigenvalue weighted by molar-refractivity contribution is 7.98. The van der Waals surface area contributed by atoms with E-state index in [1.165, 1.54) is 18.0 Å². The van der Waals surface area contributed by atoms with Crippen molar-refractivity contribution in [1.82, 2.24) is 4.98 Å². The van der Waals surface area contributed by atoms with Crippen LogP contribution in [0, 0.1) is 10.1 Å². The van der Waals surface area contributed by atoms with Crippen LogP contribution in [0.2, 0.25) is 0 Å². The normalized spacial score (nSPS) is 15.0. The Labute approximate surface area is 91.0 Å². The van der Waals surface area contributed by atoms with Gasteiger partial charge in [-0.05, 0) is 29.0 Å². The van der Waals surface area contributed by atoms with Crippen molar-refractivity contribution in [1.29, 1.82) is 0 Å². The Kier molecular flexibility index (Phi) is 2.77. The fourth-order valence-electron chi connectivity index (χ4n) is 1.20. The standard InChI is InChI=1S/C9H10N2O3S/c1-15-8-7(14-6-2-3-6)4-5-10-9(8)11(12)13/h4-6H,2-3H2,1H3. The first kappa shape index (κ1) is 10.2. The van der Waals surface area contributed by atoms with Gasteiger partial charge in [-0.1, -0.05) is 0 Å². The zero-order valence-corrected chi connectivity index (χ0v) is 8.99. The Morgan fingerprint density at radius 3 is 2.93 bits per heavy atom. The average Bonchev–Trinajstić information content (AvgIpc) is 3.01. The van der Waals surface area contributed by atoms with Crippen LogP contribution in [-0.2, 0) is 0 Å². The van der Waals surface area contributed by atoms with Gasteiger partial charge in [0, 0.05) is 6.07 Å². The van der Waals surface area contributed by atoms with Crippen LogP contribution in [0.3, 0.4) is 0 Å². The van der Waals surface area contributed by atoms with E-state index < -0.39 is 4.92 Å². The summed E-state index contributed by atoms with van der Waals surface area (Å²) in [6, 6.07) is 1.68. The van der Waals surface area contributed by atoms with E-state index in [9.17, 15) is 10.1 Å². The monoisotopic (exact) mass is 226 g/mol. The van der Waals surface area contributed by atoms with E-state index in [0.29, 0.717) is 10.6 Å². The summed E-state index contributed by atoms with van der Waals surface area (Å²) in [4.78, 5) is 14.5. The SMILES string of the molecule is CSc1c(OC2CC2)ccnc1[N+](=O)[O-]. The highest BCUT2D eigenvalue weighted by atomic mass is 32.2. The Morgan fingerprint density at radius 1 is 1.67 bits per heavy atom. The van der Waals surface area contributed by atoms with Gasteiger partial charge in [0.1, 0.15) is 16.8 Å². The maximum absolute atomic E-state index is 10.7. The second-order valence-corrected chi connectivity index (χ2v) is 4.06. The second-order valence-electron chi connectivity index (χ2n) is 3.24. The molecule has 15 heavy (non-hydrogen) atoms. The van der Waals surface area contributed by atoms with Crippen LogP contribution in [0.15, 0.2) is 17.2 Å². The fraction of sp³-hybridized carbons (Fsp3) is 0.444. The molecule has 1 aliphatic carbocycles. The summed E-state index contributed by atoms with van der Waals surface area (Å²) in [7, 11) is 0. The quantitative estimate of drug-likeness (QED) is 0.447. The van der Waals surface area contributed by atoms with E-state index in [1.54, 1.807) is 12.3 Å². The molecule has 0 spiro atoms. The Balaban J connectivity index is 2.34. The third-order valence-corrected chi connectivity index (χ3v) is 2.84. The average molecular weight is 226 g/mol. The van der Waals surface area contributed by atoms with Crippen molar-refractivity contribution in [3.05, 3.63) is 22.4 Å². The molecule has 1 fully saturated rings. The number of hydrogen-bond donors (Lipinski definition) is 0. The highest BCUT2D eigenvalue weighted by Gasteiger charge is 2.27. The number of rotatable bonds is 4. The molecule has 1 aromatic rings. The largest absolute Gasteiger partial charge is 0.489 e. The smallest absolute Gasteiger partial charge is 0.380 e. The molecule has 1 heterocycles. The molecule has 0 aliphatic heterocycles. The van der Waals surface area contributed by atoms with Gasteiger partial charge >= 0.3 is 5.82 Å². The van der Waals surface area contributed by atoms with Gasteiger partial charge in [0.25, 0.3) is 0 Å². The van der Waals surface area contributed by atoms with Crippen molar-refractivity contribution >= 4 is 17.6 Å². The van der Waals surface area contributed by atoms with Gasteiger partial charge in [-0.2, -0.15) is 0 Å². The van der Waals surface area contributed by atoms with Crippen LogP contribution in [0.4, 0.5) is 5.82 Å². The summed E-state index contributed by atoms with van der Waals surface area (Å²) in [5, 5.41) is 10.7. The van der Waals surface area contributed by atoms with Gasteiger partial charge in [-0.25, -0.2) is 0 Å². The number of aromatic nitrogens is 1. The molecule has 80 valence electrons. The van der Waals surface area contributed by atoms with Crippen LogP contribution >= 0.6 is 11.8 Å². The molecule has 0 saturated heterocycles. The van der Waals surface area contributed by atoms with E-state index in [1.807, 2.05) is 0 Å². The van der Waals surface area contributed by atoms with Gasteiger partial charge in [0.15, 0.2) is 0 Å². The molecule has 6 heteroatoms. The summed E-state index contributed by atoms with van der Waals surface area (Å²) in [6.07, 6.45) is 5.49. The van der Waals surface area contributed by atoms with E-state index in [0.717, 1.165) is 12.8 Å². The summed E-state index contributed by atoms with van der Waals surface area (Å²) in [6.45, 7) is 0. The van der Waals surface area contributed by atoms with Crippen molar-refractivity contribution in [2.75, 3.05) is 6.26 Å². The Morgan fingerprint density at radius 2 is 2.40 bits per heavy atom. The number of nitrogens with zero attached hydrogens (tertiary/aromatic N) is 2. The van der Waals surface area contributed by atoms with Gasteiger partial charge < -0.3 is 14.9 Å². The summed E-state index contributed by atoms with van der Waals surface area (Å²) >= 11 is 1.29. The molecule has 1 aliphatic rings. The lowest BCUT2D eigenvalue weighted by Crippen LogP contribution is -2.01. The van der Waals surface area contributed by atoms with Crippen molar-refractivity contribution in [2.24, 2.45) is 0 Å². The van der Waals surface area contributed by atoms with Gasteiger partial charge in [0.05, 0.1) is 6.10 Å². The number of thioether (sulfide) groups is 1. The van der Waals surface area contributed by atoms with Crippen LogP contribution < -0.4 is 4.74 Å². The molecule has 1 saturated carbocycles. The van der Waals surface area contributed by atoms with Crippen LogP contribution in [-0.4, -0.2) is 22.3 Å². The van der Waals surface area contributed by atoms with Crippen molar-refractivity contribution < 1.29 is 9.66 Å². The van der Waals surface area contributed by atoms with Gasteiger partial charge in [-0.15, -0.1) is 11.8 Å². The maximum atomic E-state index is 10.7. The van der Waals surface area contributed by atoms with Gasteiger partial charge in [0.2, 0.25) is 0 Å². The predicted octanol–water partition coefficient (Wildman–Crippen LogP) is 2.25. The zero-order valence-electron chi connectivity index (χ0n) is 8.17. The number of nitro groups is 1. The molecule has 0 radical (unpaired) electrons. The topological polar surface area (TPSA) is 65.3 Å². The van der Waals surface area contributed by atoms with Crippen molar-refractivity contribution in [3.8, 4) is 5.75 Å². The van der Waals surface area contributed by atoms with E-state index in [4.69, 9.17) is 4.74 Å². The lowest BCUT2D eigenvalue weighted by molar-refractivity contribution is -0.392. The minimum Gasteiger partial charge on any atom is -0.489 e. The first-order valence-electron chi connectivity index (χ1n) is 4.56. The molecule has 0 unspecified atom stereocenters. The minimum absolute atomic E-state index is 0.124. The van der Waals surface area contributed by atoms with Gasteiger partial charge in [-0.3, -0.25) is 0 Å². The number of ether oxygens (including phenoxy) is 1. The Bertz CT molecular complexity index is 393. The zero-order chi connectivity index (χ0) is 10.8. The van der Waals surface area contributed by atoms with E-state index >= 15 is 0 Å². The molecular weight excluding hydrogens is 216 g/mol. The first-order chi connectivity index (χ1) is 7.22. The number of hydrogen-bond acceptors (Lipinski definition) is 5. The fourth-order valence-corrected chi connectivity index (χ4v) is 1.83. The van der Waals surface area contributed by atoms with Crippen LogP contribution in [0.1, 0.15) is 12.8 Å². The Hall–Kier alpha value is -1.30. The molecule has 0 bridgehead atoms. The third kappa shape index (κ3) is 2.20. The van der Waals surface area contributed by atoms with E-state index in [2.05, 4.69) is 4.98 Å². The lowest BCUT2D eigenvalue weighted by Gasteiger charge is -2.07. The summed E-state index contributed by atoms with van der Waals surface area (Å²) < 4.78 is 5.57. The molecule has 2 rings (SSSR count). The van der Waals surface area contributed by atoms with Crippen molar-refractivity contribution in [3.63, 3.8) is 0 Å². The molecule has 0 amide bonds. The number of pyridine rings is 1. The molecule has 1 aromatic heterocycles. The minimum atomic E-state index is -0.481. The molecular formula is C9H10N2O3S. The summed E-state index contributed by atoms with van der Waals surface area (Å²) in [5.74, 6) is 0.451. The van der Waals surface area contributed by atoms with Crippen LogP contribution in [0.5, 0.6) is 5.75 Å². The lowest BCUT2D eigenvalue weighted by atomic mass is 10.4.